The molecular weight excluding hydrogens is 224 g/mol. The van der Waals surface area contributed by atoms with E-state index in [1.165, 1.54) is 0 Å². The second kappa shape index (κ2) is 4.18. The Morgan fingerprint density at radius 3 is 2.69 bits per heavy atom. The Balaban J connectivity index is 2.72. The molecule has 0 bridgehead atoms. The molecule has 2 aromatic rings. The third-order valence-corrected chi connectivity index (χ3v) is 3.22. The van der Waals surface area contributed by atoms with Crippen molar-refractivity contribution in [1.29, 1.82) is 0 Å². The van der Waals surface area contributed by atoms with Gasteiger partial charge in [-0.15, -0.1) is 0 Å². The van der Waals surface area contributed by atoms with Gasteiger partial charge in [-0.3, -0.25) is 5.10 Å². The molecule has 0 unspecified atom stereocenters. The van der Waals surface area contributed by atoms with E-state index in [2.05, 4.69) is 10.2 Å². The summed E-state index contributed by atoms with van der Waals surface area (Å²) < 4.78 is 5.38. The summed E-state index contributed by atoms with van der Waals surface area (Å²) in [7, 11) is 1.65. The SMILES string of the molecule is COc1cc(C)c(Cl)c(C)c1-c1ccn[nH]1. The molecule has 0 fully saturated rings. The topological polar surface area (TPSA) is 37.9 Å². The lowest BCUT2D eigenvalue weighted by atomic mass is 10.0. The fourth-order valence-corrected chi connectivity index (χ4v) is 1.96. The number of aromatic amines is 1. The van der Waals surface area contributed by atoms with E-state index in [0.717, 1.165) is 33.2 Å². The number of H-pyrrole nitrogens is 1. The number of nitrogens with zero attached hydrogens (tertiary/aromatic N) is 1. The second-order valence-electron chi connectivity index (χ2n) is 3.68. The summed E-state index contributed by atoms with van der Waals surface area (Å²) >= 11 is 6.24. The molecule has 3 nitrogen and oxygen atoms in total. The van der Waals surface area contributed by atoms with Gasteiger partial charge in [-0.25, -0.2) is 0 Å². The summed E-state index contributed by atoms with van der Waals surface area (Å²) in [5.41, 5.74) is 3.90. The zero-order chi connectivity index (χ0) is 11.7. The first kappa shape index (κ1) is 11.0. The van der Waals surface area contributed by atoms with Crippen LogP contribution in [0.1, 0.15) is 11.1 Å². The molecule has 1 N–H and O–H groups in total. The summed E-state index contributed by atoms with van der Waals surface area (Å²) in [5, 5.41) is 7.64. The maximum Gasteiger partial charge on any atom is 0.128 e. The van der Waals surface area contributed by atoms with E-state index in [-0.39, 0.29) is 0 Å². The van der Waals surface area contributed by atoms with Crippen LogP contribution in [0, 0.1) is 13.8 Å². The Bertz CT molecular complexity index is 506. The van der Waals surface area contributed by atoms with Gasteiger partial charge >= 0.3 is 0 Å². The van der Waals surface area contributed by atoms with E-state index in [1.54, 1.807) is 13.3 Å². The largest absolute Gasteiger partial charge is 0.496 e. The van der Waals surface area contributed by atoms with E-state index in [4.69, 9.17) is 16.3 Å². The molecule has 0 aliphatic rings. The molecule has 2 rings (SSSR count). The maximum atomic E-state index is 6.24. The van der Waals surface area contributed by atoms with Crippen molar-refractivity contribution in [2.45, 2.75) is 13.8 Å². The molecular formula is C12H13ClN2O. The fourth-order valence-electron chi connectivity index (χ4n) is 1.81. The molecule has 1 aromatic carbocycles. The molecule has 0 amide bonds. The van der Waals surface area contributed by atoms with Crippen molar-refractivity contribution in [2.75, 3.05) is 7.11 Å². The molecule has 0 aliphatic heterocycles. The lowest BCUT2D eigenvalue weighted by molar-refractivity contribution is 0.415. The lowest BCUT2D eigenvalue weighted by Gasteiger charge is -2.13. The van der Waals surface area contributed by atoms with Gasteiger partial charge in [-0.2, -0.15) is 5.10 Å². The van der Waals surface area contributed by atoms with Crippen molar-refractivity contribution in [3.8, 4) is 17.0 Å². The predicted molar refractivity (Wildman–Crippen MR) is 65.1 cm³/mol. The third kappa shape index (κ3) is 1.67. The Hall–Kier alpha value is -1.48. The molecule has 0 aliphatic carbocycles. The van der Waals surface area contributed by atoms with Crippen LogP contribution in [-0.2, 0) is 0 Å². The predicted octanol–water partition coefficient (Wildman–Crippen LogP) is 3.36. The van der Waals surface area contributed by atoms with Crippen LogP contribution >= 0.6 is 11.6 Å². The van der Waals surface area contributed by atoms with Crippen LogP contribution in [0.5, 0.6) is 5.75 Å². The zero-order valence-electron chi connectivity index (χ0n) is 9.47. The Labute approximate surface area is 99.4 Å². The van der Waals surface area contributed by atoms with Gasteiger partial charge in [0.1, 0.15) is 5.75 Å². The summed E-state index contributed by atoms with van der Waals surface area (Å²) in [6.45, 7) is 3.95. The van der Waals surface area contributed by atoms with E-state index in [1.807, 2.05) is 26.0 Å². The number of ether oxygens (including phenoxy) is 1. The molecule has 1 heterocycles. The van der Waals surface area contributed by atoms with Gasteiger partial charge in [0.15, 0.2) is 0 Å². The number of aromatic nitrogens is 2. The number of rotatable bonds is 2. The van der Waals surface area contributed by atoms with Crippen molar-refractivity contribution in [1.82, 2.24) is 10.2 Å². The van der Waals surface area contributed by atoms with Crippen LogP contribution < -0.4 is 4.74 Å². The summed E-state index contributed by atoms with van der Waals surface area (Å²) in [6.07, 6.45) is 1.71. The highest BCUT2D eigenvalue weighted by Crippen LogP contribution is 2.37. The number of aryl methyl sites for hydroxylation is 1. The highest BCUT2D eigenvalue weighted by molar-refractivity contribution is 6.32. The van der Waals surface area contributed by atoms with Crippen LogP contribution in [0.25, 0.3) is 11.3 Å². The van der Waals surface area contributed by atoms with Crippen LogP contribution in [0.3, 0.4) is 0 Å². The smallest absolute Gasteiger partial charge is 0.128 e. The average Bonchev–Trinajstić information content (AvgIpc) is 2.78. The van der Waals surface area contributed by atoms with E-state index in [9.17, 15) is 0 Å². The first-order valence-corrected chi connectivity index (χ1v) is 5.36. The van der Waals surface area contributed by atoms with Gasteiger partial charge in [0.25, 0.3) is 0 Å². The number of hydrogen-bond donors (Lipinski definition) is 1. The van der Waals surface area contributed by atoms with Crippen LogP contribution in [0.4, 0.5) is 0 Å². The number of halogens is 1. The molecule has 84 valence electrons. The monoisotopic (exact) mass is 236 g/mol. The van der Waals surface area contributed by atoms with Crippen LogP contribution in [0.2, 0.25) is 5.02 Å². The summed E-state index contributed by atoms with van der Waals surface area (Å²) in [6, 6.07) is 3.84. The molecule has 0 atom stereocenters. The fraction of sp³-hybridized carbons (Fsp3) is 0.250. The molecule has 0 radical (unpaired) electrons. The van der Waals surface area contributed by atoms with Gasteiger partial charge in [-0.05, 0) is 37.1 Å². The number of hydrogen-bond acceptors (Lipinski definition) is 2. The first-order chi connectivity index (χ1) is 7.65. The average molecular weight is 237 g/mol. The summed E-state index contributed by atoms with van der Waals surface area (Å²) in [5.74, 6) is 0.809. The van der Waals surface area contributed by atoms with Crippen molar-refractivity contribution < 1.29 is 4.74 Å². The molecule has 0 saturated heterocycles. The van der Waals surface area contributed by atoms with Gasteiger partial charge in [-0.1, -0.05) is 11.6 Å². The third-order valence-electron chi connectivity index (χ3n) is 2.63. The highest BCUT2D eigenvalue weighted by atomic mass is 35.5. The molecule has 16 heavy (non-hydrogen) atoms. The molecule has 0 saturated carbocycles. The summed E-state index contributed by atoms with van der Waals surface area (Å²) in [4.78, 5) is 0. The second-order valence-corrected chi connectivity index (χ2v) is 4.06. The molecule has 1 aromatic heterocycles. The van der Waals surface area contributed by atoms with Gasteiger partial charge in [0.05, 0.1) is 12.8 Å². The normalized spacial score (nSPS) is 10.5. The molecule has 4 heteroatoms. The molecule has 0 spiro atoms. The highest BCUT2D eigenvalue weighted by Gasteiger charge is 2.15. The van der Waals surface area contributed by atoms with Crippen molar-refractivity contribution in [3.05, 3.63) is 34.5 Å². The van der Waals surface area contributed by atoms with Crippen molar-refractivity contribution >= 4 is 11.6 Å². The lowest BCUT2D eigenvalue weighted by Crippen LogP contribution is -1.94. The van der Waals surface area contributed by atoms with Crippen LogP contribution in [-0.4, -0.2) is 17.3 Å². The Morgan fingerprint density at radius 2 is 2.12 bits per heavy atom. The minimum atomic E-state index is 0.769. The maximum absolute atomic E-state index is 6.24. The number of methoxy groups -OCH3 is 1. The standard InChI is InChI=1S/C12H13ClN2O/c1-7-6-10(16-3)11(8(2)12(7)13)9-4-5-14-15-9/h4-6H,1-3H3,(H,14,15). The van der Waals surface area contributed by atoms with E-state index in [0.29, 0.717) is 0 Å². The Kier molecular flexibility index (Phi) is 2.88. The van der Waals surface area contributed by atoms with E-state index < -0.39 is 0 Å². The van der Waals surface area contributed by atoms with Crippen LogP contribution in [0.15, 0.2) is 18.3 Å². The quantitative estimate of drug-likeness (QED) is 0.868. The minimum absolute atomic E-state index is 0.769. The first-order valence-electron chi connectivity index (χ1n) is 4.98. The van der Waals surface area contributed by atoms with Crippen molar-refractivity contribution in [3.63, 3.8) is 0 Å². The van der Waals surface area contributed by atoms with Crippen molar-refractivity contribution in [2.24, 2.45) is 0 Å². The zero-order valence-corrected chi connectivity index (χ0v) is 10.2. The number of nitrogens with one attached hydrogen (secondary N) is 1. The van der Waals surface area contributed by atoms with Gasteiger partial charge in [0.2, 0.25) is 0 Å². The van der Waals surface area contributed by atoms with E-state index >= 15 is 0 Å². The van der Waals surface area contributed by atoms with Gasteiger partial charge < -0.3 is 4.74 Å². The number of benzene rings is 1. The Morgan fingerprint density at radius 1 is 1.38 bits per heavy atom. The van der Waals surface area contributed by atoms with Gasteiger partial charge in [0, 0.05) is 16.8 Å². The minimum Gasteiger partial charge on any atom is -0.496 e.